The minimum Gasteiger partial charge on any atom is -0.356 e. The SMILES string of the molecule is Cc1cc(CN)ccc1[C@H]1CCNC(=O)C1. The van der Waals surface area contributed by atoms with Crippen molar-refractivity contribution < 1.29 is 4.79 Å². The van der Waals surface area contributed by atoms with E-state index in [1.54, 1.807) is 0 Å². The molecule has 1 amide bonds. The number of carbonyl (C=O) groups excluding carboxylic acids is 1. The third-order valence-electron chi connectivity index (χ3n) is 3.26. The van der Waals surface area contributed by atoms with Crippen LogP contribution in [0.25, 0.3) is 0 Å². The molecular weight excluding hydrogens is 200 g/mol. The van der Waals surface area contributed by atoms with Crippen molar-refractivity contribution in [2.45, 2.75) is 32.2 Å². The molecule has 0 radical (unpaired) electrons. The lowest BCUT2D eigenvalue weighted by molar-refractivity contribution is -0.122. The number of nitrogens with two attached hydrogens (primary N) is 1. The Morgan fingerprint density at radius 3 is 2.94 bits per heavy atom. The lowest BCUT2D eigenvalue weighted by atomic mass is 9.86. The summed E-state index contributed by atoms with van der Waals surface area (Å²) in [5.41, 5.74) is 9.31. The standard InChI is InChI=1S/C13H18N2O/c1-9-6-10(8-14)2-3-12(9)11-4-5-15-13(16)7-11/h2-3,6,11H,4-5,7-8,14H2,1H3,(H,15,16)/t11-/m0/s1. The Morgan fingerprint density at radius 2 is 2.31 bits per heavy atom. The number of hydrogen-bond donors (Lipinski definition) is 2. The van der Waals surface area contributed by atoms with Crippen molar-refractivity contribution in [2.24, 2.45) is 5.73 Å². The van der Waals surface area contributed by atoms with E-state index in [9.17, 15) is 4.79 Å². The van der Waals surface area contributed by atoms with Crippen LogP contribution in [0.3, 0.4) is 0 Å². The van der Waals surface area contributed by atoms with Gasteiger partial charge in [0.15, 0.2) is 0 Å². The van der Waals surface area contributed by atoms with Crippen LogP contribution in [0.1, 0.15) is 35.4 Å². The van der Waals surface area contributed by atoms with Gasteiger partial charge in [-0.25, -0.2) is 0 Å². The average molecular weight is 218 g/mol. The minimum absolute atomic E-state index is 0.165. The number of nitrogens with one attached hydrogen (secondary N) is 1. The van der Waals surface area contributed by atoms with Crippen LogP contribution in [-0.2, 0) is 11.3 Å². The summed E-state index contributed by atoms with van der Waals surface area (Å²) in [5.74, 6) is 0.541. The number of rotatable bonds is 2. The third-order valence-corrected chi connectivity index (χ3v) is 3.26. The van der Waals surface area contributed by atoms with Crippen molar-refractivity contribution in [2.75, 3.05) is 6.54 Å². The molecule has 3 nitrogen and oxygen atoms in total. The molecule has 86 valence electrons. The Kier molecular flexibility index (Phi) is 3.25. The van der Waals surface area contributed by atoms with Gasteiger partial charge in [0.2, 0.25) is 5.91 Å². The van der Waals surface area contributed by atoms with Crippen LogP contribution < -0.4 is 11.1 Å². The Hall–Kier alpha value is -1.35. The lowest BCUT2D eigenvalue weighted by Crippen LogP contribution is -2.32. The second-order valence-electron chi connectivity index (χ2n) is 4.43. The second kappa shape index (κ2) is 4.66. The first-order chi connectivity index (χ1) is 7.70. The van der Waals surface area contributed by atoms with Gasteiger partial charge >= 0.3 is 0 Å². The van der Waals surface area contributed by atoms with Gasteiger partial charge in [0.1, 0.15) is 0 Å². The van der Waals surface area contributed by atoms with Crippen molar-refractivity contribution in [3.63, 3.8) is 0 Å². The number of carbonyl (C=O) groups is 1. The molecule has 1 fully saturated rings. The summed E-state index contributed by atoms with van der Waals surface area (Å²) in [5, 5.41) is 2.86. The Bertz CT molecular complexity index is 401. The summed E-state index contributed by atoms with van der Waals surface area (Å²) < 4.78 is 0. The number of benzene rings is 1. The molecule has 0 unspecified atom stereocenters. The Balaban J connectivity index is 2.22. The van der Waals surface area contributed by atoms with Crippen LogP contribution in [0.2, 0.25) is 0 Å². The summed E-state index contributed by atoms with van der Waals surface area (Å²) in [6.07, 6.45) is 1.65. The molecule has 1 aliphatic heterocycles. The molecule has 1 atom stereocenters. The van der Waals surface area contributed by atoms with Crippen molar-refractivity contribution in [1.82, 2.24) is 5.32 Å². The molecule has 1 aromatic carbocycles. The van der Waals surface area contributed by atoms with Gasteiger partial charge in [0.05, 0.1) is 0 Å². The van der Waals surface area contributed by atoms with E-state index < -0.39 is 0 Å². The zero-order valence-electron chi connectivity index (χ0n) is 9.62. The molecule has 3 N–H and O–H groups in total. The van der Waals surface area contributed by atoms with Crippen LogP contribution in [-0.4, -0.2) is 12.5 Å². The first-order valence-corrected chi connectivity index (χ1v) is 5.77. The van der Waals surface area contributed by atoms with E-state index in [1.807, 2.05) is 0 Å². The molecule has 0 spiro atoms. The van der Waals surface area contributed by atoms with Gasteiger partial charge in [-0.05, 0) is 36.0 Å². The van der Waals surface area contributed by atoms with E-state index in [1.165, 1.54) is 11.1 Å². The fourth-order valence-corrected chi connectivity index (χ4v) is 2.37. The maximum Gasteiger partial charge on any atom is 0.220 e. The summed E-state index contributed by atoms with van der Waals surface area (Å²) >= 11 is 0. The van der Waals surface area contributed by atoms with Gasteiger partial charge in [-0.2, -0.15) is 0 Å². The maximum absolute atomic E-state index is 11.4. The highest BCUT2D eigenvalue weighted by atomic mass is 16.1. The topological polar surface area (TPSA) is 55.1 Å². The van der Waals surface area contributed by atoms with Crippen LogP contribution in [0.15, 0.2) is 18.2 Å². The summed E-state index contributed by atoms with van der Waals surface area (Å²) in [6, 6.07) is 6.32. The first kappa shape index (κ1) is 11.1. The molecule has 1 saturated heterocycles. The van der Waals surface area contributed by atoms with Crippen molar-refractivity contribution in [3.8, 4) is 0 Å². The smallest absolute Gasteiger partial charge is 0.220 e. The van der Waals surface area contributed by atoms with Crippen molar-refractivity contribution >= 4 is 5.91 Å². The fourth-order valence-electron chi connectivity index (χ4n) is 2.37. The van der Waals surface area contributed by atoms with Gasteiger partial charge in [-0.1, -0.05) is 18.2 Å². The molecular formula is C13H18N2O. The zero-order valence-corrected chi connectivity index (χ0v) is 9.62. The van der Waals surface area contributed by atoms with Gasteiger partial charge < -0.3 is 11.1 Å². The molecule has 0 aromatic heterocycles. The van der Waals surface area contributed by atoms with Crippen molar-refractivity contribution in [3.05, 3.63) is 34.9 Å². The van der Waals surface area contributed by atoms with E-state index in [2.05, 4.69) is 30.4 Å². The van der Waals surface area contributed by atoms with E-state index in [4.69, 9.17) is 5.73 Å². The highest BCUT2D eigenvalue weighted by Crippen LogP contribution is 2.28. The molecule has 16 heavy (non-hydrogen) atoms. The quantitative estimate of drug-likeness (QED) is 0.789. The van der Waals surface area contributed by atoms with Crippen LogP contribution in [0, 0.1) is 6.92 Å². The summed E-state index contributed by atoms with van der Waals surface area (Å²) in [4.78, 5) is 11.4. The number of piperidine rings is 1. The van der Waals surface area contributed by atoms with Crippen molar-refractivity contribution in [1.29, 1.82) is 0 Å². The fraction of sp³-hybridized carbons (Fsp3) is 0.462. The minimum atomic E-state index is 0.165. The predicted molar refractivity (Wildman–Crippen MR) is 64.1 cm³/mol. The monoisotopic (exact) mass is 218 g/mol. The highest BCUT2D eigenvalue weighted by molar-refractivity contribution is 5.77. The molecule has 0 saturated carbocycles. The molecule has 1 aromatic rings. The largest absolute Gasteiger partial charge is 0.356 e. The molecule has 0 bridgehead atoms. The molecule has 1 aliphatic rings. The van der Waals surface area contributed by atoms with E-state index >= 15 is 0 Å². The normalized spacial score (nSPS) is 20.6. The van der Waals surface area contributed by atoms with Gasteiger partial charge in [0, 0.05) is 19.5 Å². The summed E-state index contributed by atoms with van der Waals surface area (Å²) in [6.45, 7) is 3.47. The Morgan fingerprint density at radius 1 is 1.50 bits per heavy atom. The van der Waals surface area contributed by atoms with E-state index in [0.717, 1.165) is 18.5 Å². The van der Waals surface area contributed by atoms with Crippen LogP contribution in [0.4, 0.5) is 0 Å². The van der Waals surface area contributed by atoms with Gasteiger partial charge in [-0.3, -0.25) is 4.79 Å². The van der Waals surface area contributed by atoms with E-state index in [-0.39, 0.29) is 5.91 Å². The number of hydrogen-bond acceptors (Lipinski definition) is 2. The van der Waals surface area contributed by atoms with Crippen LogP contribution in [0.5, 0.6) is 0 Å². The molecule has 2 rings (SSSR count). The first-order valence-electron chi connectivity index (χ1n) is 5.77. The highest BCUT2D eigenvalue weighted by Gasteiger charge is 2.21. The second-order valence-corrected chi connectivity index (χ2v) is 4.43. The lowest BCUT2D eigenvalue weighted by Gasteiger charge is -2.24. The average Bonchev–Trinajstić information content (AvgIpc) is 2.28. The molecule has 1 heterocycles. The molecule has 0 aliphatic carbocycles. The Labute approximate surface area is 96.0 Å². The maximum atomic E-state index is 11.4. The third kappa shape index (κ3) is 2.25. The van der Waals surface area contributed by atoms with Crippen LogP contribution >= 0.6 is 0 Å². The van der Waals surface area contributed by atoms with Gasteiger partial charge in [0.25, 0.3) is 0 Å². The van der Waals surface area contributed by atoms with Gasteiger partial charge in [-0.15, -0.1) is 0 Å². The number of aryl methyl sites for hydroxylation is 1. The predicted octanol–water partition coefficient (Wildman–Crippen LogP) is 1.45. The molecule has 3 heteroatoms. The zero-order chi connectivity index (χ0) is 11.5. The van der Waals surface area contributed by atoms with E-state index in [0.29, 0.717) is 18.9 Å². The number of amides is 1. The summed E-state index contributed by atoms with van der Waals surface area (Å²) in [7, 11) is 0.